The van der Waals surface area contributed by atoms with Crippen LogP contribution in [0, 0.1) is 5.92 Å². The second-order valence-electron chi connectivity index (χ2n) is 7.46. The molecule has 1 amide bonds. The van der Waals surface area contributed by atoms with Crippen LogP contribution < -0.4 is 0 Å². The molecule has 4 rings (SSSR count). The molecule has 1 aromatic heterocycles. The smallest absolute Gasteiger partial charge is 0.422 e. The molecule has 1 fully saturated rings. The lowest BCUT2D eigenvalue weighted by molar-refractivity contribution is -0.121. The van der Waals surface area contributed by atoms with E-state index in [1.165, 1.54) is 5.01 Å². The third kappa shape index (κ3) is 3.33. The summed E-state index contributed by atoms with van der Waals surface area (Å²) < 4.78 is 0. The number of hydrogen-bond acceptors (Lipinski definition) is 4. The number of benzene rings is 2. The Kier molecular flexibility index (Phi) is 5.00. The molecule has 2 heterocycles. The van der Waals surface area contributed by atoms with Crippen molar-refractivity contribution in [2.24, 2.45) is 5.92 Å². The molecular weight excluding hydrogens is 356 g/mol. The molecule has 2 aromatic carbocycles. The molecule has 0 aliphatic carbocycles. The maximum Gasteiger partial charge on any atom is 0.422 e. The van der Waals surface area contributed by atoms with Gasteiger partial charge in [-0.05, 0) is 30.2 Å². The van der Waals surface area contributed by atoms with Gasteiger partial charge in [-0.3, -0.25) is 0 Å². The Morgan fingerprint density at radius 1 is 1.29 bits per heavy atom. The predicted molar refractivity (Wildman–Crippen MR) is 107 cm³/mol. The number of hydrogen-bond donors (Lipinski definition) is 2. The number of imidazole rings is 1. The van der Waals surface area contributed by atoms with Crippen LogP contribution in [0.3, 0.4) is 0 Å². The second kappa shape index (κ2) is 7.59. The highest BCUT2D eigenvalue weighted by atomic mass is 16.4. The minimum atomic E-state index is -1.08. The summed E-state index contributed by atoms with van der Waals surface area (Å²) in [6, 6.07) is 11.4. The number of hydrazine groups is 1. The van der Waals surface area contributed by atoms with Gasteiger partial charge < -0.3 is 14.9 Å². The van der Waals surface area contributed by atoms with Gasteiger partial charge >= 0.3 is 6.09 Å². The number of aromatic nitrogens is 2. The number of carboxylic acid groups (broad SMARTS) is 1. The first-order valence-corrected chi connectivity index (χ1v) is 9.67. The van der Waals surface area contributed by atoms with Crippen LogP contribution in [-0.2, 0) is 11.2 Å². The third-order valence-electron chi connectivity index (χ3n) is 5.53. The fourth-order valence-electron chi connectivity index (χ4n) is 4.10. The summed E-state index contributed by atoms with van der Waals surface area (Å²) >= 11 is 0. The number of H-pyrrole nitrogens is 1. The highest BCUT2D eigenvalue weighted by Crippen LogP contribution is 2.25. The molecule has 146 valence electrons. The van der Waals surface area contributed by atoms with Gasteiger partial charge in [-0.1, -0.05) is 37.3 Å². The first-order valence-electron chi connectivity index (χ1n) is 9.67. The average Bonchev–Trinajstić information content (AvgIpc) is 3.34. The number of rotatable bonds is 6. The van der Waals surface area contributed by atoms with E-state index in [0.717, 1.165) is 46.8 Å². The zero-order valence-corrected chi connectivity index (χ0v) is 15.8. The zero-order chi connectivity index (χ0) is 19.7. The van der Waals surface area contributed by atoms with Crippen molar-refractivity contribution in [3.05, 3.63) is 42.2 Å². The quantitative estimate of drug-likeness (QED) is 0.639. The van der Waals surface area contributed by atoms with E-state index in [2.05, 4.69) is 17.1 Å². The van der Waals surface area contributed by atoms with Crippen LogP contribution in [0.5, 0.6) is 0 Å². The van der Waals surface area contributed by atoms with Gasteiger partial charge in [0.25, 0.3) is 0 Å². The molecule has 2 unspecified atom stereocenters. The molecule has 0 spiro atoms. The van der Waals surface area contributed by atoms with Gasteiger partial charge in [0.1, 0.15) is 18.2 Å². The van der Waals surface area contributed by atoms with Crippen molar-refractivity contribution >= 4 is 34.2 Å². The first kappa shape index (κ1) is 18.4. The average molecular weight is 380 g/mol. The van der Waals surface area contributed by atoms with Crippen LogP contribution in [0.25, 0.3) is 21.8 Å². The molecule has 2 N–H and O–H groups in total. The van der Waals surface area contributed by atoms with Crippen molar-refractivity contribution in [1.82, 2.24) is 20.0 Å². The van der Waals surface area contributed by atoms with Crippen molar-refractivity contribution in [3.63, 3.8) is 0 Å². The largest absolute Gasteiger partial charge is 0.464 e. The van der Waals surface area contributed by atoms with Crippen LogP contribution in [-0.4, -0.2) is 56.6 Å². The Balaban J connectivity index is 1.60. The molecule has 3 aromatic rings. The minimum Gasteiger partial charge on any atom is -0.464 e. The molecule has 7 heteroatoms. The standard InChI is InChI=1S/C21H24N4O3/c1-14(18(13-26)25(21(27)28)24-10-4-5-11-24)12-19-22-17-9-8-15-6-2-3-7-16(15)20(17)23-19/h2-3,6-9,13-14,18H,4-5,10-12H2,1H3,(H,22,23)(H,27,28). The highest BCUT2D eigenvalue weighted by molar-refractivity contribution is 6.04. The predicted octanol–water partition coefficient (Wildman–Crippen LogP) is 3.45. The number of fused-ring (bicyclic) bond motifs is 3. The lowest BCUT2D eigenvalue weighted by atomic mass is 9.98. The maximum atomic E-state index is 11.8. The molecular formula is C21H24N4O3. The van der Waals surface area contributed by atoms with Crippen molar-refractivity contribution in [2.75, 3.05) is 13.1 Å². The van der Waals surface area contributed by atoms with Crippen molar-refractivity contribution < 1.29 is 14.7 Å². The molecule has 1 aliphatic rings. The monoisotopic (exact) mass is 380 g/mol. The molecule has 1 saturated heterocycles. The minimum absolute atomic E-state index is 0.207. The lowest BCUT2D eigenvalue weighted by Gasteiger charge is -2.35. The van der Waals surface area contributed by atoms with E-state index in [0.29, 0.717) is 19.5 Å². The van der Waals surface area contributed by atoms with Gasteiger partial charge in [-0.25, -0.2) is 19.8 Å². The van der Waals surface area contributed by atoms with Crippen molar-refractivity contribution in [1.29, 1.82) is 0 Å². The van der Waals surface area contributed by atoms with E-state index in [9.17, 15) is 14.7 Å². The van der Waals surface area contributed by atoms with Gasteiger partial charge in [0.05, 0.1) is 11.0 Å². The Morgan fingerprint density at radius 3 is 2.75 bits per heavy atom. The number of amides is 1. The molecule has 0 bridgehead atoms. The molecule has 0 radical (unpaired) electrons. The van der Waals surface area contributed by atoms with E-state index >= 15 is 0 Å². The molecule has 28 heavy (non-hydrogen) atoms. The summed E-state index contributed by atoms with van der Waals surface area (Å²) in [6.45, 7) is 3.23. The molecule has 0 saturated carbocycles. The summed E-state index contributed by atoms with van der Waals surface area (Å²) in [5, 5.41) is 14.9. The topological polar surface area (TPSA) is 89.5 Å². The van der Waals surface area contributed by atoms with Crippen LogP contribution >= 0.6 is 0 Å². The van der Waals surface area contributed by atoms with Gasteiger partial charge in [-0.2, -0.15) is 0 Å². The highest BCUT2D eigenvalue weighted by Gasteiger charge is 2.34. The second-order valence-corrected chi connectivity index (χ2v) is 7.46. The van der Waals surface area contributed by atoms with E-state index in [1.54, 1.807) is 5.01 Å². The van der Waals surface area contributed by atoms with E-state index in [4.69, 9.17) is 4.98 Å². The van der Waals surface area contributed by atoms with E-state index in [-0.39, 0.29) is 5.92 Å². The van der Waals surface area contributed by atoms with Crippen molar-refractivity contribution in [3.8, 4) is 0 Å². The number of aldehydes is 1. The number of nitrogens with zero attached hydrogens (tertiary/aromatic N) is 3. The Morgan fingerprint density at radius 2 is 2.04 bits per heavy atom. The summed E-state index contributed by atoms with van der Waals surface area (Å²) in [7, 11) is 0. The summed E-state index contributed by atoms with van der Waals surface area (Å²) in [6.07, 6.45) is 2.04. The van der Waals surface area contributed by atoms with E-state index in [1.807, 2.05) is 31.2 Å². The SMILES string of the molecule is CC(Cc1nc2c(ccc3ccccc32)[nH]1)C(C=O)N(C(=O)O)N1CCCC1. The van der Waals surface area contributed by atoms with Gasteiger partial charge in [0, 0.05) is 24.9 Å². The molecule has 7 nitrogen and oxygen atoms in total. The summed E-state index contributed by atoms with van der Waals surface area (Å²) in [5.41, 5.74) is 1.84. The number of carbonyl (C=O) groups excluding carboxylic acids is 1. The van der Waals surface area contributed by atoms with Crippen LogP contribution in [0.1, 0.15) is 25.6 Å². The zero-order valence-electron chi connectivity index (χ0n) is 15.8. The Labute approximate surface area is 162 Å². The number of carbonyl (C=O) groups is 2. The normalized spacial score (nSPS) is 17.0. The third-order valence-corrected chi connectivity index (χ3v) is 5.53. The fraction of sp³-hybridized carbons (Fsp3) is 0.381. The van der Waals surface area contributed by atoms with Crippen molar-refractivity contribution in [2.45, 2.75) is 32.2 Å². The summed E-state index contributed by atoms with van der Waals surface area (Å²) in [4.78, 5) is 31.7. The van der Waals surface area contributed by atoms with Gasteiger partial charge in [0.2, 0.25) is 0 Å². The van der Waals surface area contributed by atoms with Crippen LogP contribution in [0.4, 0.5) is 4.79 Å². The Bertz CT molecular complexity index is 1010. The van der Waals surface area contributed by atoms with Crippen LogP contribution in [0.2, 0.25) is 0 Å². The van der Waals surface area contributed by atoms with Crippen LogP contribution in [0.15, 0.2) is 36.4 Å². The van der Waals surface area contributed by atoms with Gasteiger partial charge in [-0.15, -0.1) is 0 Å². The van der Waals surface area contributed by atoms with E-state index < -0.39 is 12.1 Å². The first-order chi connectivity index (χ1) is 13.6. The Hall–Kier alpha value is -2.93. The lowest BCUT2D eigenvalue weighted by Crippen LogP contribution is -2.53. The van der Waals surface area contributed by atoms with Gasteiger partial charge in [0.15, 0.2) is 0 Å². The maximum absolute atomic E-state index is 11.8. The number of aromatic amines is 1. The fourth-order valence-corrected chi connectivity index (χ4v) is 4.10. The molecule has 2 atom stereocenters. The summed E-state index contributed by atoms with van der Waals surface area (Å²) in [5.74, 6) is 0.554. The number of nitrogens with one attached hydrogen (secondary N) is 1. The molecule has 1 aliphatic heterocycles.